The Labute approximate surface area is 175 Å². The Kier molecular flexibility index (Phi) is 7.06. The van der Waals surface area contributed by atoms with Gasteiger partial charge in [-0.05, 0) is 42.0 Å². The number of ether oxygens (including phenoxy) is 2. The highest BCUT2D eigenvalue weighted by molar-refractivity contribution is 5.94. The van der Waals surface area contributed by atoms with Crippen LogP contribution in [0.1, 0.15) is 35.5 Å². The maximum absolute atomic E-state index is 13.1. The molecule has 0 atom stereocenters. The Balaban J connectivity index is 0.00000124. The zero-order chi connectivity index (χ0) is 21.5. The first-order valence-electron chi connectivity index (χ1n) is 9.99. The van der Waals surface area contributed by atoms with Gasteiger partial charge in [-0.25, -0.2) is 4.39 Å². The second-order valence-corrected chi connectivity index (χ2v) is 6.57. The summed E-state index contributed by atoms with van der Waals surface area (Å²) in [4.78, 5) is 14.4. The molecule has 4 rings (SSSR count). The lowest BCUT2D eigenvalue weighted by Crippen LogP contribution is -2.38. The first-order valence-corrected chi connectivity index (χ1v) is 9.99. The van der Waals surface area contributed by atoms with E-state index in [1.165, 1.54) is 24.3 Å². The number of carbonyl (C=O) groups is 1. The Hall–Kier alpha value is -3.35. The number of rotatable bonds is 5. The normalized spacial score (nSPS) is 12.5. The van der Waals surface area contributed by atoms with Crippen molar-refractivity contribution in [2.24, 2.45) is 0 Å². The van der Waals surface area contributed by atoms with Crippen LogP contribution in [-0.2, 0) is 19.7 Å². The van der Waals surface area contributed by atoms with Crippen molar-refractivity contribution in [1.29, 1.82) is 0 Å². The van der Waals surface area contributed by atoms with Gasteiger partial charge in [0.2, 0.25) is 5.88 Å². The number of amides is 1. The molecule has 0 aliphatic carbocycles. The van der Waals surface area contributed by atoms with Gasteiger partial charge in [0, 0.05) is 18.2 Å². The van der Waals surface area contributed by atoms with Crippen LogP contribution < -0.4 is 9.47 Å². The first-order chi connectivity index (χ1) is 14.6. The third kappa shape index (κ3) is 4.97. The molecule has 0 fully saturated rings. The molecule has 3 aromatic rings. The van der Waals surface area contributed by atoms with Crippen molar-refractivity contribution in [3.8, 4) is 11.6 Å². The van der Waals surface area contributed by atoms with Gasteiger partial charge in [-0.3, -0.25) is 9.48 Å². The third-order valence-electron chi connectivity index (χ3n) is 4.67. The van der Waals surface area contributed by atoms with Gasteiger partial charge >= 0.3 is 0 Å². The molecule has 0 saturated heterocycles. The second-order valence-electron chi connectivity index (χ2n) is 6.57. The number of carbonyl (C=O) groups excluding carboxylic acids is 1. The zero-order valence-corrected chi connectivity index (χ0v) is 17.5. The molecule has 0 unspecified atom stereocenters. The van der Waals surface area contributed by atoms with Gasteiger partial charge in [0.1, 0.15) is 18.2 Å². The van der Waals surface area contributed by atoms with Crippen molar-refractivity contribution < 1.29 is 18.7 Å². The minimum absolute atomic E-state index is 0.119. The highest BCUT2D eigenvalue weighted by Gasteiger charge is 2.23. The topological polar surface area (TPSA) is 56.6 Å². The van der Waals surface area contributed by atoms with E-state index in [2.05, 4.69) is 5.10 Å². The van der Waals surface area contributed by atoms with E-state index in [0.717, 1.165) is 17.0 Å². The smallest absolute Gasteiger partial charge is 0.254 e. The number of fused-ring (bicyclic) bond motifs is 1. The van der Waals surface area contributed by atoms with E-state index in [-0.39, 0.29) is 11.7 Å². The Morgan fingerprint density at radius 1 is 1.10 bits per heavy atom. The summed E-state index contributed by atoms with van der Waals surface area (Å²) in [5, 5.41) is 4.46. The van der Waals surface area contributed by atoms with Crippen LogP contribution in [0.2, 0.25) is 0 Å². The fourth-order valence-electron chi connectivity index (χ4n) is 3.18. The molecule has 1 aromatic heterocycles. The standard InChI is InChI=1S/C21H20FN3O3.C2H6/c1-27-19-4-2-3-15(11-19)14-28-20-12-18-13-24(9-10-25(18)23-20)21(26)16-5-7-17(22)8-6-16;1-2/h2-8,11-12H,9-10,13-14H2,1H3;1-2H3. The average molecular weight is 411 g/mol. The Morgan fingerprint density at radius 2 is 1.87 bits per heavy atom. The molecule has 1 amide bonds. The van der Waals surface area contributed by atoms with Crippen molar-refractivity contribution in [3.63, 3.8) is 0 Å². The fraction of sp³-hybridized carbons (Fsp3) is 0.304. The lowest BCUT2D eigenvalue weighted by molar-refractivity contribution is 0.0706. The van der Waals surface area contributed by atoms with E-state index < -0.39 is 0 Å². The summed E-state index contributed by atoms with van der Waals surface area (Å²) in [5.74, 6) is 0.825. The van der Waals surface area contributed by atoms with E-state index in [1.807, 2.05) is 48.9 Å². The molecule has 2 heterocycles. The predicted octanol–water partition coefficient (Wildman–Crippen LogP) is 4.29. The highest BCUT2D eigenvalue weighted by Crippen LogP contribution is 2.21. The highest BCUT2D eigenvalue weighted by atomic mass is 19.1. The van der Waals surface area contributed by atoms with Gasteiger partial charge < -0.3 is 14.4 Å². The minimum Gasteiger partial charge on any atom is -0.497 e. The molecular formula is C23H26FN3O3. The number of hydrogen-bond donors (Lipinski definition) is 0. The molecule has 6 nitrogen and oxygen atoms in total. The number of methoxy groups -OCH3 is 1. The van der Waals surface area contributed by atoms with Crippen molar-refractivity contribution >= 4 is 5.91 Å². The van der Waals surface area contributed by atoms with Crippen LogP contribution in [0.4, 0.5) is 4.39 Å². The lowest BCUT2D eigenvalue weighted by Gasteiger charge is -2.27. The molecular weight excluding hydrogens is 385 g/mol. The summed E-state index contributed by atoms with van der Waals surface area (Å²) in [6.45, 7) is 5.95. The summed E-state index contributed by atoms with van der Waals surface area (Å²) in [6, 6.07) is 15.1. The summed E-state index contributed by atoms with van der Waals surface area (Å²) < 4.78 is 26.0. The second kappa shape index (κ2) is 9.91. The molecule has 0 spiro atoms. The molecule has 30 heavy (non-hydrogen) atoms. The van der Waals surface area contributed by atoms with E-state index in [1.54, 1.807) is 12.0 Å². The Morgan fingerprint density at radius 3 is 2.60 bits per heavy atom. The third-order valence-corrected chi connectivity index (χ3v) is 4.67. The molecule has 1 aliphatic rings. The zero-order valence-electron chi connectivity index (χ0n) is 17.5. The van der Waals surface area contributed by atoms with Gasteiger partial charge in [0.15, 0.2) is 0 Å². The lowest BCUT2D eigenvalue weighted by atomic mass is 10.1. The summed E-state index contributed by atoms with van der Waals surface area (Å²) in [5.41, 5.74) is 2.37. The quantitative estimate of drug-likeness (QED) is 0.628. The molecule has 7 heteroatoms. The van der Waals surface area contributed by atoms with Crippen LogP contribution in [0.15, 0.2) is 54.6 Å². The molecule has 0 saturated carbocycles. The van der Waals surface area contributed by atoms with Crippen LogP contribution in [0.5, 0.6) is 11.6 Å². The fourth-order valence-corrected chi connectivity index (χ4v) is 3.18. The van der Waals surface area contributed by atoms with Crippen LogP contribution >= 0.6 is 0 Å². The van der Waals surface area contributed by atoms with Gasteiger partial charge in [-0.2, -0.15) is 0 Å². The maximum atomic E-state index is 13.1. The van der Waals surface area contributed by atoms with E-state index >= 15 is 0 Å². The van der Waals surface area contributed by atoms with Crippen molar-refractivity contribution in [1.82, 2.24) is 14.7 Å². The largest absolute Gasteiger partial charge is 0.497 e. The molecule has 0 N–H and O–H groups in total. The van der Waals surface area contributed by atoms with Gasteiger partial charge in [0.25, 0.3) is 5.91 Å². The maximum Gasteiger partial charge on any atom is 0.254 e. The molecule has 2 aromatic carbocycles. The minimum atomic E-state index is -0.355. The van der Waals surface area contributed by atoms with Crippen LogP contribution in [0.3, 0.4) is 0 Å². The van der Waals surface area contributed by atoms with Crippen molar-refractivity contribution in [2.45, 2.75) is 33.5 Å². The van der Waals surface area contributed by atoms with Gasteiger partial charge in [-0.15, -0.1) is 5.10 Å². The van der Waals surface area contributed by atoms with Crippen molar-refractivity contribution in [2.75, 3.05) is 13.7 Å². The first kappa shape index (κ1) is 21.4. The number of aromatic nitrogens is 2. The van der Waals surface area contributed by atoms with E-state index in [0.29, 0.717) is 37.7 Å². The van der Waals surface area contributed by atoms with Crippen LogP contribution in [-0.4, -0.2) is 34.2 Å². The average Bonchev–Trinajstić information content (AvgIpc) is 3.21. The van der Waals surface area contributed by atoms with Crippen molar-refractivity contribution in [3.05, 3.63) is 77.2 Å². The Bertz CT molecular complexity index is 986. The van der Waals surface area contributed by atoms with E-state index in [4.69, 9.17) is 9.47 Å². The number of benzene rings is 2. The van der Waals surface area contributed by atoms with Crippen LogP contribution in [0.25, 0.3) is 0 Å². The number of halogens is 1. The number of hydrogen-bond acceptors (Lipinski definition) is 4. The number of nitrogens with zero attached hydrogens (tertiary/aromatic N) is 3. The summed E-state index contributed by atoms with van der Waals surface area (Å²) in [6.07, 6.45) is 0. The predicted molar refractivity (Wildman–Crippen MR) is 112 cm³/mol. The molecule has 158 valence electrons. The SMILES string of the molecule is CC.COc1cccc(COc2cc3n(n2)CCN(C(=O)c2ccc(F)cc2)C3)c1. The molecule has 0 radical (unpaired) electrons. The molecule has 0 bridgehead atoms. The van der Waals surface area contributed by atoms with E-state index in [9.17, 15) is 9.18 Å². The summed E-state index contributed by atoms with van der Waals surface area (Å²) >= 11 is 0. The molecule has 1 aliphatic heterocycles. The van der Waals surface area contributed by atoms with Gasteiger partial charge in [0.05, 0.1) is 25.9 Å². The van der Waals surface area contributed by atoms with Gasteiger partial charge in [-0.1, -0.05) is 26.0 Å². The summed E-state index contributed by atoms with van der Waals surface area (Å²) in [7, 11) is 1.63. The monoisotopic (exact) mass is 411 g/mol. The van der Waals surface area contributed by atoms with Crippen LogP contribution in [0, 0.1) is 5.82 Å².